The Labute approximate surface area is 125 Å². The van der Waals surface area contributed by atoms with Crippen LogP contribution in [0.1, 0.15) is 5.69 Å². The molecule has 1 aliphatic heterocycles. The monoisotopic (exact) mass is 301 g/mol. The maximum atomic E-state index is 4.56. The molecule has 0 aliphatic carbocycles. The predicted molar refractivity (Wildman–Crippen MR) is 83.0 cm³/mol. The van der Waals surface area contributed by atoms with E-state index in [1.807, 2.05) is 6.92 Å². The molecule has 8 heteroatoms. The highest BCUT2D eigenvalue weighted by atomic mass is 32.1. The van der Waals surface area contributed by atoms with Crippen LogP contribution in [0.3, 0.4) is 0 Å². The normalized spacial score (nSPS) is 15.9. The van der Waals surface area contributed by atoms with Crippen LogP contribution in [-0.4, -0.2) is 51.3 Å². The van der Waals surface area contributed by atoms with Gasteiger partial charge in [-0.25, -0.2) is 15.0 Å². The molecule has 1 N–H and O–H groups in total. The van der Waals surface area contributed by atoms with E-state index >= 15 is 0 Å². The van der Waals surface area contributed by atoms with Gasteiger partial charge in [0.15, 0.2) is 10.8 Å². The van der Waals surface area contributed by atoms with E-state index in [1.165, 1.54) is 0 Å². The lowest BCUT2D eigenvalue weighted by atomic mass is 10.3. The lowest BCUT2D eigenvalue weighted by molar-refractivity contribution is 0.647. The van der Waals surface area contributed by atoms with E-state index in [0.29, 0.717) is 0 Å². The van der Waals surface area contributed by atoms with Crippen LogP contribution in [0.4, 0.5) is 10.9 Å². The minimum atomic E-state index is 0.790. The predicted octanol–water partition coefficient (Wildman–Crippen LogP) is 1.44. The van der Waals surface area contributed by atoms with Gasteiger partial charge in [-0.3, -0.25) is 5.10 Å². The first kappa shape index (κ1) is 12.5. The van der Waals surface area contributed by atoms with Crippen molar-refractivity contribution in [3.63, 3.8) is 0 Å². The van der Waals surface area contributed by atoms with Crippen molar-refractivity contribution in [2.75, 3.05) is 36.0 Å². The molecular weight excluding hydrogens is 286 g/mol. The summed E-state index contributed by atoms with van der Waals surface area (Å²) in [5.41, 5.74) is 1.88. The summed E-state index contributed by atoms with van der Waals surface area (Å²) in [6.45, 7) is 5.80. The van der Waals surface area contributed by atoms with Crippen LogP contribution in [0.15, 0.2) is 17.9 Å². The highest BCUT2D eigenvalue weighted by Crippen LogP contribution is 2.25. The number of nitrogens with zero attached hydrogens (tertiary/aromatic N) is 6. The van der Waals surface area contributed by atoms with Gasteiger partial charge in [0, 0.05) is 31.6 Å². The number of piperazine rings is 1. The van der Waals surface area contributed by atoms with Gasteiger partial charge in [0.1, 0.15) is 12.1 Å². The SMILES string of the molecule is Cc1csc(N2CCN(c3ncnc4[nH]ncc34)CC2)n1. The standard InChI is InChI=1S/C13H15N7S/c1-9-7-21-13(17-9)20-4-2-19(3-5-20)12-10-6-16-18-11(10)14-8-15-12/h6-8H,2-5H2,1H3,(H,14,15,16,18). The number of aromatic amines is 1. The van der Waals surface area contributed by atoms with E-state index in [4.69, 9.17) is 0 Å². The van der Waals surface area contributed by atoms with Gasteiger partial charge >= 0.3 is 0 Å². The Hall–Kier alpha value is -2.22. The fourth-order valence-electron chi connectivity index (χ4n) is 2.60. The molecule has 0 spiro atoms. The maximum Gasteiger partial charge on any atom is 0.185 e. The van der Waals surface area contributed by atoms with Gasteiger partial charge in [-0.05, 0) is 6.92 Å². The number of H-pyrrole nitrogens is 1. The van der Waals surface area contributed by atoms with E-state index in [2.05, 4.69) is 40.3 Å². The Bertz CT molecular complexity index is 757. The molecule has 3 aromatic rings. The van der Waals surface area contributed by atoms with Crippen molar-refractivity contribution in [1.82, 2.24) is 25.1 Å². The molecule has 0 amide bonds. The second-order valence-corrected chi connectivity index (χ2v) is 5.91. The number of hydrogen-bond acceptors (Lipinski definition) is 7. The minimum absolute atomic E-state index is 0.790. The number of hydrogen-bond donors (Lipinski definition) is 1. The number of nitrogens with one attached hydrogen (secondary N) is 1. The molecule has 4 heterocycles. The number of aromatic nitrogens is 5. The molecular formula is C13H15N7S. The molecule has 1 aliphatic rings. The molecule has 108 valence electrons. The maximum absolute atomic E-state index is 4.56. The summed E-state index contributed by atoms with van der Waals surface area (Å²) < 4.78 is 0. The summed E-state index contributed by atoms with van der Waals surface area (Å²) in [6.07, 6.45) is 3.38. The minimum Gasteiger partial charge on any atom is -0.352 e. The van der Waals surface area contributed by atoms with Gasteiger partial charge in [0.25, 0.3) is 0 Å². The van der Waals surface area contributed by atoms with Crippen molar-refractivity contribution in [1.29, 1.82) is 0 Å². The smallest absolute Gasteiger partial charge is 0.185 e. The molecule has 1 fully saturated rings. The molecule has 0 radical (unpaired) electrons. The van der Waals surface area contributed by atoms with Crippen LogP contribution >= 0.6 is 11.3 Å². The first-order valence-corrected chi connectivity index (χ1v) is 7.75. The van der Waals surface area contributed by atoms with Gasteiger partial charge in [0.05, 0.1) is 17.3 Å². The van der Waals surface area contributed by atoms with Gasteiger partial charge in [-0.2, -0.15) is 5.10 Å². The number of fused-ring (bicyclic) bond motifs is 1. The Morgan fingerprint density at radius 1 is 1.14 bits per heavy atom. The van der Waals surface area contributed by atoms with Crippen LogP contribution in [0.5, 0.6) is 0 Å². The van der Waals surface area contributed by atoms with Crippen LogP contribution < -0.4 is 9.80 Å². The third-order valence-electron chi connectivity index (χ3n) is 3.68. The molecule has 0 unspecified atom stereocenters. The quantitative estimate of drug-likeness (QED) is 0.772. The zero-order valence-electron chi connectivity index (χ0n) is 11.7. The van der Waals surface area contributed by atoms with Gasteiger partial charge < -0.3 is 9.80 Å². The Morgan fingerprint density at radius 3 is 2.71 bits per heavy atom. The Morgan fingerprint density at radius 2 is 1.95 bits per heavy atom. The van der Waals surface area contributed by atoms with Gasteiger partial charge in [-0.1, -0.05) is 0 Å². The molecule has 21 heavy (non-hydrogen) atoms. The largest absolute Gasteiger partial charge is 0.352 e. The van der Waals surface area contributed by atoms with Crippen LogP contribution in [0.25, 0.3) is 11.0 Å². The first-order valence-electron chi connectivity index (χ1n) is 6.87. The van der Waals surface area contributed by atoms with Gasteiger partial charge in [0.2, 0.25) is 0 Å². The van der Waals surface area contributed by atoms with Crippen molar-refractivity contribution >= 4 is 33.3 Å². The lowest BCUT2D eigenvalue weighted by Crippen LogP contribution is -2.46. The summed E-state index contributed by atoms with van der Waals surface area (Å²) in [6, 6.07) is 0. The zero-order valence-corrected chi connectivity index (χ0v) is 12.5. The van der Waals surface area contributed by atoms with Crippen molar-refractivity contribution in [3.05, 3.63) is 23.6 Å². The lowest BCUT2D eigenvalue weighted by Gasteiger charge is -2.35. The number of aryl methyl sites for hydroxylation is 1. The molecule has 7 nitrogen and oxygen atoms in total. The molecule has 0 atom stereocenters. The fraction of sp³-hybridized carbons (Fsp3) is 0.385. The number of thiazole rings is 1. The first-order chi connectivity index (χ1) is 10.3. The van der Waals surface area contributed by atoms with E-state index in [1.54, 1.807) is 23.9 Å². The summed E-state index contributed by atoms with van der Waals surface area (Å²) in [5, 5.41) is 11.1. The molecule has 3 aromatic heterocycles. The van der Waals surface area contributed by atoms with Crippen LogP contribution in [0.2, 0.25) is 0 Å². The Balaban J connectivity index is 1.53. The van der Waals surface area contributed by atoms with Crippen molar-refractivity contribution < 1.29 is 0 Å². The van der Waals surface area contributed by atoms with Crippen molar-refractivity contribution in [2.24, 2.45) is 0 Å². The van der Waals surface area contributed by atoms with E-state index in [0.717, 1.165) is 53.9 Å². The zero-order chi connectivity index (χ0) is 14.2. The molecule has 0 aromatic carbocycles. The third kappa shape index (κ3) is 2.21. The highest BCUT2D eigenvalue weighted by molar-refractivity contribution is 7.13. The third-order valence-corrected chi connectivity index (χ3v) is 4.70. The summed E-state index contributed by atoms with van der Waals surface area (Å²) >= 11 is 1.71. The Kier molecular flexibility index (Phi) is 2.95. The average molecular weight is 301 g/mol. The topological polar surface area (TPSA) is 73.8 Å². The summed E-state index contributed by atoms with van der Waals surface area (Å²) in [5.74, 6) is 0.962. The second-order valence-electron chi connectivity index (χ2n) is 5.08. The van der Waals surface area contributed by atoms with E-state index in [9.17, 15) is 0 Å². The fourth-order valence-corrected chi connectivity index (χ4v) is 3.46. The van der Waals surface area contributed by atoms with Crippen LogP contribution in [0, 0.1) is 6.92 Å². The van der Waals surface area contributed by atoms with Gasteiger partial charge in [-0.15, -0.1) is 11.3 Å². The van der Waals surface area contributed by atoms with Crippen LogP contribution in [-0.2, 0) is 0 Å². The van der Waals surface area contributed by atoms with E-state index < -0.39 is 0 Å². The van der Waals surface area contributed by atoms with Crippen molar-refractivity contribution in [3.8, 4) is 0 Å². The second kappa shape index (κ2) is 4.96. The number of anilines is 2. The molecule has 1 saturated heterocycles. The van der Waals surface area contributed by atoms with E-state index in [-0.39, 0.29) is 0 Å². The van der Waals surface area contributed by atoms with Crippen molar-refractivity contribution in [2.45, 2.75) is 6.92 Å². The molecule has 0 bridgehead atoms. The average Bonchev–Trinajstić information content (AvgIpc) is 3.15. The summed E-state index contributed by atoms with van der Waals surface area (Å²) in [7, 11) is 0. The molecule has 0 saturated carbocycles. The highest BCUT2D eigenvalue weighted by Gasteiger charge is 2.21. The molecule has 4 rings (SSSR count). The summed E-state index contributed by atoms with van der Waals surface area (Å²) in [4.78, 5) is 17.8. The number of rotatable bonds is 2.